The molecular weight excluding hydrogens is 525 g/mol. The number of anilines is 1. The Hall–Kier alpha value is -4.16. The number of tetrazole rings is 1. The average molecular weight is 555 g/mol. The van der Waals surface area contributed by atoms with E-state index < -0.39 is 12.4 Å². The van der Waals surface area contributed by atoms with E-state index in [1.807, 2.05) is 12.1 Å². The van der Waals surface area contributed by atoms with Gasteiger partial charge in [0.05, 0.1) is 30.4 Å². The minimum atomic E-state index is -3.03. The first-order chi connectivity index (χ1) is 19.3. The fourth-order valence-corrected chi connectivity index (χ4v) is 5.91. The fraction of sp³-hybridized carbons (Fsp3) is 0.444. The zero-order valence-corrected chi connectivity index (χ0v) is 21.9. The summed E-state index contributed by atoms with van der Waals surface area (Å²) >= 11 is 0. The largest absolute Gasteiger partial charge is 0.435 e. The summed E-state index contributed by atoms with van der Waals surface area (Å²) in [6.45, 7) is -2.34. The summed E-state index contributed by atoms with van der Waals surface area (Å²) in [5, 5.41) is 19.9. The number of nitrogens with one attached hydrogen (secondary N) is 1. The number of amides is 1. The highest BCUT2D eigenvalue weighted by Crippen LogP contribution is 2.38. The van der Waals surface area contributed by atoms with Crippen molar-refractivity contribution in [1.29, 1.82) is 0 Å². The van der Waals surface area contributed by atoms with Crippen molar-refractivity contribution in [2.24, 2.45) is 7.05 Å². The van der Waals surface area contributed by atoms with Crippen LogP contribution in [0.5, 0.6) is 5.75 Å². The zero-order valence-electron chi connectivity index (χ0n) is 21.9. The number of carbonyl (C=O) groups is 1. The number of aromatic nitrogens is 6. The highest BCUT2D eigenvalue weighted by molar-refractivity contribution is 6.01. The van der Waals surface area contributed by atoms with Crippen LogP contribution in [-0.4, -0.2) is 54.9 Å². The van der Waals surface area contributed by atoms with Gasteiger partial charge in [-0.2, -0.15) is 18.7 Å². The number of carbonyl (C=O) groups excluding carboxylic acids is 1. The van der Waals surface area contributed by atoms with E-state index in [1.54, 1.807) is 24.0 Å². The topological polar surface area (TPSA) is 102 Å². The molecule has 0 bridgehead atoms. The Morgan fingerprint density at radius 2 is 1.95 bits per heavy atom. The third-order valence-corrected chi connectivity index (χ3v) is 7.79. The smallest absolute Gasteiger partial charge is 0.387 e. The van der Waals surface area contributed by atoms with Gasteiger partial charge in [-0.25, -0.2) is 8.91 Å². The third-order valence-electron chi connectivity index (χ3n) is 7.79. The molecule has 1 saturated heterocycles. The summed E-state index contributed by atoms with van der Waals surface area (Å²) in [7, 11) is 1.75. The molecule has 1 N–H and O–H groups in total. The second kappa shape index (κ2) is 10.8. The van der Waals surface area contributed by atoms with Gasteiger partial charge >= 0.3 is 6.61 Å². The van der Waals surface area contributed by atoms with Crippen LogP contribution in [0.25, 0.3) is 5.52 Å². The van der Waals surface area contributed by atoms with Crippen LogP contribution in [0.1, 0.15) is 72.2 Å². The van der Waals surface area contributed by atoms with Crippen molar-refractivity contribution in [2.45, 2.75) is 63.1 Å². The van der Waals surface area contributed by atoms with E-state index in [-0.39, 0.29) is 29.7 Å². The average Bonchev–Trinajstić information content (AvgIpc) is 3.67. The van der Waals surface area contributed by atoms with Gasteiger partial charge in [-0.15, -0.1) is 10.2 Å². The van der Waals surface area contributed by atoms with Crippen LogP contribution in [-0.2, 0) is 7.05 Å². The molecule has 0 radical (unpaired) electrons. The number of fused-ring (bicyclic) bond motifs is 1. The van der Waals surface area contributed by atoms with Gasteiger partial charge in [-0.3, -0.25) is 4.79 Å². The van der Waals surface area contributed by atoms with Gasteiger partial charge in [0.15, 0.2) is 5.82 Å². The van der Waals surface area contributed by atoms with E-state index in [0.29, 0.717) is 23.2 Å². The molecule has 1 atom stereocenters. The summed E-state index contributed by atoms with van der Waals surface area (Å²) in [6.07, 6.45) is 8.29. The van der Waals surface area contributed by atoms with Gasteiger partial charge in [0, 0.05) is 36.5 Å². The Kier molecular flexibility index (Phi) is 7.03. The highest BCUT2D eigenvalue weighted by Gasteiger charge is 2.29. The lowest BCUT2D eigenvalue weighted by atomic mass is 9.85. The maximum atomic E-state index is 14.3. The Morgan fingerprint density at radius 1 is 1.12 bits per heavy atom. The standard InChI is InChI=1S/C27H29F3N8O2/c1-36-34-25(33-35-36)16-4-6-19(7-5-16)32-26(39)22-15-31-38-10-8-20(14-24(22)38)37-9-2-3-23(37)17-11-18(28)13-21(12-17)40-27(29)30/h8,10-16,19,23,27H,2-7,9H2,1H3,(H,32,39). The van der Waals surface area contributed by atoms with Crippen molar-refractivity contribution in [3.63, 3.8) is 0 Å². The Morgan fingerprint density at radius 3 is 2.70 bits per heavy atom. The van der Waals surface area contributed by atoms with Gasteiger partial charge in [0.1, 0.15) is 11.6 Å². The third kappa shape index (κ3) is 5.32. The molecule has 10 nitrogen and oxygen atoms in total. The molecule has 40 heavy (non-hydrogen) atoms. The number of nitrogens with zero attached hydrogens (tertiary/aromatic N) is 7. The fourth-order valence-electron chi connectivity index (χ4n) is 5.91. The van der Waals surface area contributed by atoms with Gasteiger partial charge < -0.3 is 15.0 Å². The van der Waals surface area contributed by atoms with Crippen LogP contribution in [0.3, 0.4) is 0 Å². The lowest BCUT2D eigenvalue weighted by molar-refractivity contribution is -0.0500. The van der Waals surface area contributed by atoms with Crippen molar-refractivity contribution in [3.8, 4) is 5.75 Å². The molecule has 2 aliphatic rings. The summed E-state index contributed by atoms with van der Waals surface area (Å²) in [6, 6.07) is 7.37. The Bertz CT molecular complexity index is 1510. The van der Waals surface area contributed by atoms with Crippen LogP contribution in [0.2, 0.25) is 0 Å². The molecule has 6 rings (SSSR count). The number of alkyl halides is 2. The van der Waals surface area contributed by atoms with E-state index in [0.717, 1.165) is 56.1 Å². The quantitative estimate of drug-likeness (QED) is 0.361. The van der Waals surface area contributed by atoms with Crippen LogP contribution >= 0.6 is 0 Å². The van der Waals surface area contributed by atoms with Crippen LogP contribution in [0.15, 0.2) is 42.7 Å². The highest BCUT2D eigenvalue weighted by atomic mass is 19.3. The lowest BCUT2D eigenvalue weighted by Crippen LogP contribution is -2.37. The van der Waals surface area contributed by atoms with Gasteiger partial charge in [0.25, 0.3) is 5.91 Å². The van der Waals surface area contributed by atoms with Gasteiger partial charge in [-0.1, -0.05) is 0 Å². The van der Waals surface area contributed by atoms with E-state index in [9.17, 15) is 18.0 Å². The first-order valence-electron chi connectivity index (χ1n) is 13.4. The molecule has 1 aliphatic heterocycles. The summed E-state index contributed by atoms with van der Waals surface area (Å²) < 4.78 is 45.9. The molecule has 4 aromatic rings. The molecule has 210 valence electrons. The SMILES string of the molecule is Cn1nnc(C2CCC(NC(=O)c3cnn4ccc(N5CCCC5c5cc(F)cc(OC(F)F)c5)cc34)CC2)n1. The second-order valence-corrected chi connectivity index (χ2v) is 10.4. The van der Waals surface area contributed by atoms with Crippen LogP contribution < -0.4 is 15.0 Å². The molecule has 4 heterocycles. The molecule has 1 unspecified atom stereocenters. The lowest BCUT2D eigenvalue weighted by Gasteiger charge is -2.28. The maximum absolute atomic E-state index is 14.3. The molecule has 1 aromatic carbocycles. The van der Waals surface area contributed by atoms with E-state index >= 15 is 0 Å². The molecule has 1 amide bonds. The normalized spacial score (nSPS) is 21.3. The van der Waals surface area contributed by atoms with Crippen molar-refractivity contribution < 1.29 is 22.7 Å². The van der Waals surface area contributed by atoms with Gasteiger partial charge in [0.2, 0.25) is 0 Å². The molecule has 3 aromatic heterocycles. The zero-order chi connectivity index (χ0) is 27.8. The minimum absolute atomic E-state index is 0.0409. The maximum Gasteiger partial charge on any atom is 0.387 e. The first-order valence-corrected chi connectivity index (χ1v) is 13.4. The van der Waals surface area contributed by atoms with E-state index in [4.69, 9.17) is 0 Å². The summed E-state index contributed by atoms with van der Waals surface area (Å²) in [5.41, 5.74) is 2.52. The van der Waals surface area contributed by atoms with Crippen molar-refractivity contribution >= 4 is 17.1 Å². The number of hydrogen-bond acceptors (Lipinski definition) is 7. The predicted octanol–water partition coefficient (Wildman–Crippen LogP) is 4.40. The van der Waals surface area contributed by atoms with Gasteiger partial charge in [-0.05, 0) is 73.6 Å². The number of rotatable bonds is 7. The summed E-state index contributed by atoms with van der Waals surface area (Å²) in [4.78, 5) is 16.8. The Balaban J connectivity index is 1.18. The number of aryl methyl sites for hydroxylation is 1. The Labute approximate surface area is 228 Å². The van der Waals surface area contributed by atoms with E-state index in [2.05, 4.69) is 35.5 Å². The van der Waals surface area contributed by atoms with E-state index in [1.165, 1.54) is 16.9 Å². The number of hydrogen-bond donors (Lipinski definition) is 1. The molecule has 0 spiro atoms. The van der Waals surface area contributed by atoms with Crippen molar-refractivity contribution in [1.82, 2.24) is 35.1 Å². The van der Waals surface area contributed by atoms with Crippen LogP contribution in [0, 0.1) is 5.82 Å². The van der Waals surface area contributed by atoms with Crippen LogP contribution in [0.4, 0.5) is 18.9 Å². The molecule has 13 heteroatoms. The summed E-state index contributed by atoms with van der Waals surface area (Å²) in [5.74, 6) is -0.0362. The molecule has 2 fully saturated rings. The number of pyridine rings is 1. The number of ether oxygens (including phenoxy) is 1. The number of halogens is 3. The molecule has 1 saturated carbocycles. The van der Waals surface area contributed by atoms with Crippen molar-refractivity contribution in [3.05, 3.63) is 65.5 Å². The minimum Gasteiger partial charge on any atom is -0.435 e. The van der Waals surface area contributed by atoms with Crippen molar-refractivity contribution in [2.75, 3.05) is 11.4 Å². The monoisotopic (exact) mass is 554 g/mol. The number of benzene rings is 1. The molecule has 1 aliphatic carbocycles. The first kappa shape index (κ1) is 26.1. The predicted molar refractivity (Wildman–Crippen MR) is 139 cm³/mol. The molecular formula is C27H29F3N8O2. The second-order valence-electron chi connectivity index (χ2n) is 10.4.